The lowest BCUT2D eigenvalue weighted by Gasteiger charge is -2.41. The Bertz CT molecular complexity index is 1020. The Morgan fingerprint density at radius 1 is 1.12 bits per heavy atom. The zero-order chi connectivity index (χ0) is 28.0. The van der Waals surface area contributed by atoms with E-state index in [0.29, 0.717) is 17.6 Å². The first-order valence-electron chi connectivity index (χ1n) is 15.9. The zero-order valence-corrected chi connectivity index (χ0v) is 27.6. The number of aryl methyl sites for hydroxylation is 1. The maximum atomic E-state index is 13.5. The number of thioether (sulfide) groups is 1. The van der Waals surface area contributed by atoms with E-state index >= 15 is 0 Å². The van der Waals surface area contributed by atoms with Crippen molar-refractivity contribution in [3.63, 3.8) is 0 Å². The van der Waals surface area contributed by atoms with Gasteiger partial charge in [0.15, 0.2) is 0 Å². The molecule has 0 aliphatic carbocycles. The van der Waals surface area contributed by atoms with E-state index in [-0.39, 0.29) is 29.9 Å². The van der Waals surface area contributed by atoms with Crippen LogP contribution in [0.3, 0.4) is 0 Å². The number of hydrogen-bond donors (Lipinski definition) is 0. The second-order valence-corrected chi connectivity index (χ2v) is 14.1. The SMILES string of the molecule is CCCCCC(C)CCc1cc(OC(=O)C(C)CCN2CCCCC2)c2c(c1)OC(C)(C)C1=C2C(C)CCS1.Cl. The van der Waals surface area contributed by atoms with Gasteiger partial charge in [0.05, 0.1) is 11.5 Å². The molecular weight excluding hydrogens is 538 g/mol. The summed E-state index contributed by atoms with van der Waals surface area (Å²) in [5.41, 5.74) is 3.22. The molecule has 3 aliphatic heterocycles. The molecule has 0 amide bonds. The monoisotopic (exact) mass is 591 g/mol. The van der Waals surface area contributed by atoms with Crippen LogP contribution in [0.15, 0.2) is 17.0 Å². The summed E-state index contributed by atoms with van der Waals surface area (Å²) in [4.78, 5) is 17.3. The van der Waals surface area contributed by atoms with Gasteiger partial charge >= 0.3 is 5.97 Å². The summed E-state index contributed by atoms with van der Waals surface area (Å²) in [6.07, 6.45) is 13.2. The molecular formula is C34H54ClNO3S. The van der Waals surface area contributed by atoms with Crippen LogP contribution in [0, 0.1) is 17.8 Å². The zero-order valence-electron chi connectivity index (χ0n) is 26.0. The minimum atomic E-state index is -0.364. The van der Waals surface area contributed by atoms with Crippen molar-refractivity contribution >= 4 is 35.7 Å². The summed E-state index contributed by atoms with van der Waals surface area (Å²) in [5, 5.41) is 0. The molecule has 1 fully saturated rings. The minimum Gasteiger partial charge on any atom is -0.482 e. The van der Waals surface area contributed by atoms with Crippen LogP contribution in [-0.4, -0.2) is 41.9 Å². The maximum Gasteiger partial charge on any atom is 0.314 e. The Kier molecular flexibility index (Phi) is 12.8. The van der Waals surface area contributed by atoms with Crippen molar-refractivity contribution in [1.82, 2.24) is 4.90 Å². The van der Waals surface area contributed by atoms with E-state index < -0.39 is 0 Å². The highest BCUT2D eigenvalue weighted by Crippen LogP contribution is 2.54. The Balaban J connectivity index is 0.00000441. The summed E-state index contributed by atoms with van der Waals surface area (Å²) in [5.74, 6) is 3.59. The molecule has 6 heteroatoms. The van der Waals surface area contributed by atoms with Crippen LogP contribution >= 0.6 is 24.2 Å². The van der Waals surface area contributed by atoms with E-state index in [4.69, 9.17) is 9.47 Å². The molecule has 1 saturated heterocycles. The minimum absolute atomic E-state index is 0. The maximum absolute atomic E-state index is 13.5. The van der Waals surface area contributed by atoms with E-state index in [0.717, 1.165) is 62.4 Å². The van der Waals surface area contributed by atoms with E-state index in [1.54, 1.807) is 0 Å². The third-order valence-corrected chi connectivity index (χ3v) is 10.4. The normalized spacial score (nSPS) is 21.9. The van der Waals surface area contributed by atoms with Gasteiger partial charge in [-0.1, -0.05) is 59.8 Å². The molecule has 3 unspecified atom stereocenters. The number of carbonyl (C=O) groups is 1. The molecule has 3 aliphatic rings. The second-order valence-electron chi connectivity index (χ2n) is 13.0. The Morgan fingerprint density at radius 2 is 1.88 bits per heavy atom. The number of ether oxygens (including phenoxy) is 2. The molecule has 3 heterocycles. The molecule has 40 heavy (non-hydrogen) atoms. The first-order valence-corrected chi connectivity index (χ1v) is 16.9. The Hall–Kier alpha value is -1.17. The predicted molar refractivity (Wildman–Crippen MR) is 173 cm³/mol. The number of likely N-dealkylation sites (tertiary alicyclic amines) is 1. The molecule has 0 spiro atoms. The number of fused-ring (bicyclic) bond motifs is 2. The number of allylic oxidation sites excluding steroid dienone is 1. The second kappa shape index (κ2) is 15.3. The van der Waals surface area contributed by atoms with E-state index in [9.17, 15) is 4.79 Å². The van der Waals surface area contributed by atoms with Crippen molar-refractivity contribution in [3.05, 3.63) is 28.2 Å². The fourth-order valence-electron chi connectivity index (χ4n) is 6.36. The number of benzene rings is 1. The highest BCUT2D eigenvalue weighted by atomic mass is 35.5. The third kappa shape index (κ3) is 8.44. The number of halogens is 1. The average molecular weight is 592 g/mol. The van der Waals surface area contributed by atoms with Crippen molar-refractivity contribution in [1.29, 1.82) is 0 Å². The molecule has 0 radical (unpaired) electrons. The van der Waals surface area contributed by atoms with Gasteiger partial charge in [-0.25, -0.2) is 0 Å². The van der Waals surface area contributed by atoms with Crippen molar-refractivity contribution in [2.45, 2.75) is 118 Å². The Morgan fingerprint density at radius 3 is 2.60 bits per heavy atom. The van der Waals surface area contributed by atoms with Crippen LogP contribution in [0.1, 0.15) is 117 Å². The van der Waals surface area contributed by atoms with Gasteiger partial charge in [-0.2, -0.15) is 0 Å². The topological polar surface area (TPSA) is 38.8 Å². The van der Waals surface area contributed by atoms with Crippen LogP contribution in [0.4, 0.5) is 0 Å². The third-order valence-electron chi connectivity index (χ3n) is 9.01. The highest BCUT2D eigenvalue weighted by molar-refractivity contribution is 8.03. The van der Waals surface area contributed by atoms with Crippen LogP contribution in [0.2, 0.25) is 0 Å². The number of carbonyl (C=O) groups excluding carboxylic acids is 1. The summed E-state index contributed by atoms with van der Waals surface area (Å²) < 4.78 is 13.0. The van der Waals surface area contributed by atoms with Gasteiger partial charge in [0.25, 0.3) is 0 Å². The summed E-state index contributed by atoms with van der Waals surface area (Å²) in [6, 6.07) is 4.40. The number of hydrogen-bond acceptors (Lipinski definition) is 5. The summed E-state index contributed by atoms with van der Waals surface area (Å²) in [6.45, 7) is 16.7. The van der Waals surface area contributed by atoms with Gasteiger partial charge in [-0.15, -0.1) is 24.2 Å². The van der Waals surface area contributed by atoms with Gasteiger partial charge in [0.1, 0.15) is 17.1 Å². The van der Waals surface area contributed by atoms with Crippen LogP contribution < -0.4 is 9.47 Å². The van der Waals surface area contributed by atoms with E-state index in [1.807, 2.05) is 18.7 Å². The molecule has 3 atom stereocenters. The number of piperidine rings is 1. The average Bonchev–Trinajstić information content (AvgIpc) is 2.91. The van der Waals surface area contributed by atoms with Gasteiger partial charge in [-0.3, -0.25) is 4.79 Å². The predicted octanol–water partition coefficient (Wildman–Crippen LogP) is 9.33. The molecule has 0 bridgehead atoms. The Labute approximate surface area is 254 Å². The van der Waals surface area contributed by atoms with E-state index in [1.165, 1.54) is 61.0 Å². The van der Waals surface area contributed by atoms with Crippen LogP contribution in [0.5, 0.6) is 11.5 Å². The lowest BCUT2D eigenvalue weighted by molar-refractivity contribution is -0.138. The molecule has 1 aromatic carbocycles. The number of nitrogens with zero attached hydrogens (tertiary/aromatic N) is 1. The van der Waals surface area contributed by atoms with Crippen molar-refractivity contribution < 1.29 is 14.3 Å². The lowest BCUT2D eigenvalue weighted by Crippen LogP contribution is -2.36. The van der Waals surface area contributed by atoms with Crippen LogP contribution in [-0.2, 0) is 11.2 Å². The quantitative estimate of drug-likeness (QED) is 0.137. The molecule has 226 valence electrons. The first kappa shape index (κ1) is 33.3. The fourth-order valence-corrected chi connectivity index (χ4v) is 7.89. The number of unbranched alkanes of at least 4 members (excludes halogenated alkanes) is 2. The van der Waals surface area contributed by atoms with E-state index in [2.05, 4.69) is 51.7 Å². The smallest absolute Gasteiger partial charge is 0.314 e. The number of rotatable bonds is 12. The van der Waals surface area contributed by atoms with Gasteiger partial charge in [-0.05, 0) is 113 Å². The fraction of sp³-hybridized carbons (Fsp3) is 0.735. The number of esters is 1. The molecule has 1 aromatic rings. The molecule has 0 N–H and O–H groups in total. The van der Waals surface area contributed by atoms with Crippen molar-refractivity contribution in [2.75, 3.05) is 25.4 Å². The van der Waals surface area contributed by atoms with Crippen molar-refractivity contribution in [3.8, 4) is 11.5 Å². The molecule has 0 aromatic heterocycles. The van der Waals surface area contributed by atoms with Gasteiger partial charge in [0, 0.05) is 4.91 Å². The first-order chi connectivity index (χ1) is 18.7. The lowest BCUT2D eigenvalue weighted by atomic mass is 9.83. The molecule has 4 rings (SSSR count). The molecule has 0 saturated carbocycles. The summed E-state index contributed by atoms with van der Waals surface area (Å²) in [7, 11) is 0. The largest absolute Gasteiger partial charge is 0.482 e. The van der Waals surface area contributed by atoms with Gasteiger partial charge in [0.2, 0.25) is 0 Å². The van der Waals surface area contributed by atoms with Gasteiger partial charge < -0.3 is 14.4 Å². The van der Waals surface area contributed by atoms with Crippen LogP contribution in [0.25, 0.3) is 5.57 Å². The van der Waals surface area contributed by atoms with Crippen molar-refractivity contribution in [2.24, 2.45) is 17.8 Å². The molecule has 4 nitrogen and oxygen atoms in total. The standard InChI is InChI=1S/C34H53NO3S.ClH/c1-7-8-10-13-24(2)14-15-27-22-28(37-33(36)26(4)16-20-35-18-11-9-12-19-35)31-29(23-27)38-34(5,6)32-30(31)25(3)17-21-39-32;/h22-26H,7-21H2,1-6H3;1H. The highest BCUT2D eigenvalue weighted by Gasteiger charge is 2.41. The summed E-state index contributed by atoms with van der Waals surface area (Å²) >= 11 is 1.92.